The zero-order valence-electron chi connectivity index (χ0n) is 12.7. The molecule has 0 aliphatic carbocycles. The summed E-state index contributed by atoms with van der Waals surface area (Å²) in [4.78, 5) is 13.2. The van der Waals surface area contributed by atoms with Crippen LogP contribution in [0.3, 0.4) is 0 Å². The molecule has 0 saturated carbocycles. The van der Waals surface area contributed by atoms with Gasteiger partial charge in [-0.3, -0.25) is 9.69 Å². The molecule has 1 saturated heterocycles. The average Bonchev–Trinajstić information content (AvgIpc) is 2.84. The highest BCUT2D eigenvalue weighted by Gasteiger charge is 2.29. The van der Waals surface area contributed by atoms with Crippen LogP contribution in [0.15, 0.2) is 24.3 Å². The van der Waals surface area contributed by atoms with Crippen LogP contribution in [0.4, 0.5) is 0 Å². The lowest BCUT2D eigenvalue weighted by Crippen LogP contribution is -2.37. The molecule has 2 rings (SSSR count). The van der Waals surface area contributed by atoms with Crippen molar-refractivity contribution in [2.75, 3.05) is 13.1 Å². The molecule has 110 valence electrons. The van der Waals surface area contributed by atoms with E-state index < -0.39 is 5.97 Å². The van der Waals surface area contributed by atoms with Gasteiger partial charge < -0.3 is 5.11 Å². The van der Waals surface area contributed by atoms with Crippen molar-refractivity contribution in [3.63, 3.8) is 0 Å². The molecule has 1 unspecified atom stereocenters. The van der Waals surface area contributed by atoms with Crippen LogP contribution in [0.1, 0.15) is 44.7 Å². The summed E-state index contributed by atoms with van der Waals surface area (Å²) in [6, 6.07) is 8.45. The highest BCUT2D eigenvalue weighted by atomic mass is 16.4. The predicted octanol–water partition coefficient (Wildman–Crippen LogP) is 3.08. The van der Waals surface area contributed by atoms with E-state index in [0.29, 0.717) is 0 Å². The van der Waals surface area contributed by atoms with Crippen molar-refractivity contribution in [2.45, 2.75) is 51.5 Å². The molecule has 0 aromatic heterocycles. The summed E-state index contributed by atoms with van der Waals surface area (Å²) >= 11 is 0. The zero-order valence-corrected chi connectivity index (χ0v) is 12.7. The first-order valence-corrected chi connectivity index (χ1v) is 7.44. The van der Waals surface area contributed by atoms with E-state index in [4.69, 9.17) is 5.11 Å². The molecular weight excluding hydrogens is 250 g/mol. The molecule has 0 amide bonds. The molecule has 1 aliphatic rings. The van der Waals surface area contributed by atoms with Crippen LogP contribution in [-0.2, 0) is 16.6 Å². The first-order chi connectivity index (χ1) is 9.38. The van der Waals surface area contributed by atoms with Crippen molar-refractivity contribution >= 4 is 5.97 Å². The van der Waals surface area contributed by atoms with Gasteiger partial charge in [0.2, 0.25) is 0 Å². The van der Waals surface area contributed by atoms with Crippen LogP contribution < -0.4 is 0 Å². The zero-order chi connectivity index (χ0) is 14.8. The molecule has 1 N–H and O–H groups in total. The third-order valence-electron chi connectivity index (χ3n) is 4.16. The SMILES string of the molecule is CC(C)(C)c1ccc(CCN2CCCC2C(=O)O)cc1. The summed E-state index contributed by atoms with van der Waals surface area (Å²) in [5.74, 6) is -0.675. The third kappa shape index (κ3) is 3.60. The normalized spacial score (nSPS) is 20.2. The van der Waals surface area contributed by atoms with Crippen LogP contribution in [-0.4, -0.2) is 35.1 Å². The van der Waals surface area contributed by atoms with Crippen molar-refractivity contribution in [2.24, 2.45) is 0 Å². The van der Waals surface area contributed by atoms with Crippen molar-refractivity contribution < 1.29 is 9.90 Å². The molecule has 3 nitrogen and oxygen atoms in total. The van der Waals surface area contributed by atoms with Gasteiger partial charge in [-0.2, -0.15) is 0 Å². The molecule has 1 aromatic rings. The fraction of sp³-hybridized carbons (Fsp3) is 0.588. The Morgan fingerprint density at radius 1 is 1.30 bits per heavy atom. The summed E-state index contributed by atoms with van der Waals surface area (Å²) in [5.41, 5.74) is 2.81. The molecule has 1 aliphatic heterocycles. The number of nitrogens with zero attached hydrogens (tertiary/aromatic N) is 1. The second-order valence-corrected chi connectivity index (χ2v) is 6.73. The number of hydrogen-bond acceptors (Lipinski definition) is 2. The summed E-state index contributed by atoms with van der Waals surface area (Å²) in [6.45, 7) is 8.39. The Balaban J connectivity index is 1.93. The Kier molecular flexibility index (Phi) is 4.48. The van der Waals surface area contributed by atoms with Crippen LogP contribution in [0.25, 0.3) is 0 Å². The predicted molar refractivity (Wildman–Crippen MR) is 81.1 cm³/mol. The van der Waals surface area contributed by atoms with Gasteiger partial charge in [-0.15, -0.1) is 0 Å². The lowest BCUT2D eigenvalue weighted by Gasteiger charge is -2.22. The highest BCUT2D eigenvalue weighted by molar-refractivity contribution is 5.73. The summed E-state index contributed by atoms with van der Waals surface area (Å²) in [6.07, 6.45) is 2.71. The van der Waals surface area contributed by atoms with Gasteiger partial charge in [0, 0.05) is 6.54 Å². The summed E-state index contributed by atoms with van der Waals surface area (Å²) in [5, 5.41) is 9.17. The first-order valence-electron chi connectivity index (χ1n) is 7.44. The Morgan fingerprint density at radius 2 is 1.95 bits per heavy atom. The molecule has 20 heavy (non-hydrogen) atoms. The minimum absolute atomic E-state index is 0.182. The molecule has 3 heteroatoms. The maximum Gasteiger partial charge on any atom is 0.320 e. The smallest absolute Gasteiger partial charge is 0.320 e. The van der Waals surface area contributed by atoms with Gasteiger partial charge in [-0.25, -0.2) is 0 Å². The molecule has 1 fully saturated rings. The van der Waals surface area contributed by atoms with Gasteiger partial charge in [-0.1, -0.05) is 45.0 Å². The molecular formula is C17H25NO2. The molecule has 1 heterocycles. The fourth-order valence-electron chi connectivity index (χ4n) is 2.82. The van der Waals surface area contributed by atoms with E-state index >= 15 is 0 Å². The van der Waals surface area contributed by atoms with Crippen molar-refractivity contribution in [3.05, 3.63) is 35.4 Å². The summed E-state index contributed by atoms with van der Waals surface area (Å²) < 4.78 is 0. The van der Waals surface area contributed by atoms with E-state index in [-0.39, 0.29) is 11.5 Å². The number of hydrogen-bond donors (Lipinski definition) is 1. The van der Waals surface area contributed by atoms with E-state index in [9.17, 15) is 4.79 Å². The number of carboxylic acids is 1. The Hall–Kier alpha value is -1.35. The second-order valence-electron chi connectivity index (χ2n) is 6.73. The van der Waals surface area contributed by atoms with E-state index in [0.717, 1.165) is 32.4 Å². The van der Waals surface area contributed by atoms with Gasteiger partial charge >= 0.3 is 5.97 Å². The Bertz CT molecular complexity index is 459. The number of carboxylic acid groups (broad SMARTS) is 1. The van der Waals surface area contributed by atoms with Gasteiger partial charge in [-0.05, 0) is 42.3 Å². The maximum atomic E-state index is 11.1. The average molecular weight is 275 g/mol. The fourth-order valence-corrected chi connectivity index (χ4v) is 2.82. The minimum atomic E-state index is -0.675. The van der Waals surface area contributed by atoms with Crippen LogP contribution in [0, 0.1) is 0 Å². The molecule has 1 atom stereocenters. The largest absolute Gasteiger partial charge is 0.480 e. The van der Waals surface area contributed by atoms with Crippen molar-refractivity contribution in [1.29, 1.82) is 0 Å². The first kappa shape index (κ1) is 15.0. The monoisotopic (exact) mass is 275 g/mol. The number of aliphatic carboxylic acids is 1. The Morgan fingerprint density at radius 3 is 2.50 bits per heavy atom. The van der Waals surface area contributed by atoms with Gasteiger partial charge in [0.1, 0.15) is 6.04 Å². The van der Waals surface area contributed by atoms with Crippen molar-refractivity contribution in [3.8, 4) is 0 Å². The molecule has 1 aromatic carbocycles. The molecule has 0 spiro atoms. The van der Waals surface area contributed by atoms with Gasteiger partial charge in [0.25, 0.3) is 0 Å². The molecule has 0 radical (unpaired) electrons. The standard InChI is InChI=1S/C17H25NO2/c1-17(2,3)14-8-6-13(7-9-14)10-12-18-11-4-5-15(18)16(19)20/h6-9,15H,4-5,10-12H2,1-3H3,(H,19,20). The van der Waals surface area contributed by atoms with Crippen LogP contribution in [0.5, 0.6) is 0 Å². The Labute approximate surface area is 121 Å². The van der Waals surface area contributed by atoms with Crippen LogP contribution in [0.2, 0.25) is 0 Å². The van der Waals surface area contributed by atoms with Crippen molar-refractivity contribution in [1.82, 2.24) is 4.90 Å². The topological polar surface area (TPSA) is 40.5 Å². The van der Waals surface area contributed by atoms with Gasteiger partial charge in [0.15, 0.2) is 0 Å². The lowest BCUT2D eigenvalue weighted by atomic mass is 9.86. The maximum absolute atomic E-state index is 11.1. The lowest BCUT2D eigenvalue weighted by molar-refractivity contribution is -0.142. The number of likely N-dealkylation sites (tertiary alicyclic amines) is 1. The number of carbonyl (C=O) groups is 1. The van der Waals surface area contributed by atoms with Crippen LogP contribution >= 0.6 is 0 Å². The van der Waals surface area contributed by atoms with E-state index in [1.807, 2.05) is 0 Å². The van der Waals surface area contributed by atoms with E-state index in [1.165, 1.54) is 11.1 Å². The highest BCUT2D eigenvalue weighted by Crippen LogP contribution is 2.23. The number of benzene rings is 1. The summed E-state index contributed by atoms with van der Waals surface area (Å²) in [7, 11) is 0. The molecule has 0 bridgehead atoms. The quantitative estimate of drug-likeness (QED) is 0.918. The van der Waals surface area contributed by atoms with E-state index in [2.05, 4.69) is 49.9 Å². The minimum Gasteiger partial charge on any atom is -0.480 e. The van der Waals surface area contributed by atoms with Gasteiger partial charge in [0.05, 0.1) is 0 Å². The third-order valence-corrected chi connectivity index (χ3v) is 4.16. The number of rotatable bonds is 4. The van der Waals surface area contributed by atoms with E-state index in [1.54, 1.807) is 0 Å². The second kappa shape index (κ2) is 5.96.